The number of nitrogens with zero attached hydrogens (tertiary/aromatic N) is 1. The maximum Gasteiger partial charge on any atom is 0.308 e. The number of esters is 1. The Bertz CT molecular complexity index is 625. The number of likely N-dealkylation sites (tertiary alicyclic amines) is 1. The number of hydrogen-bond donors (Lipinski definition) is 4. The van der Waals surface area contributed by atoms with E-state index in [2.05, 4.69) is 5.32 Å². The first kappa shape index (κ1) is 27.3. The zero-order valence-corrected chi connectivity index (χ0v) is 20.3. The van der Waals surface area contributed by atoms with Crippen LogP contribution in [-0.2, 0) is 23.8 Å². The lowest BCUT2D eigenvalue weighted by molar-refractivity contribution is -0.212. The van der Waals surface area contributed by atoms with E-state index in [1.807, 2.05) is 11.9 Å². The first-order chi connectivity index (χ1) is 15.1. The van der Waals surface area contributed by atoms with Crippen molar-refractivity contribution < 1.29 is 39.1 Å². The predicted molar refractivity (Wildman–Crippen MR) is 119 cm³/mol. The van der Waals surface area contributed by atoms with Crippen molar-refractivity contribution >= 4 is 23.6 Å². The first-order valence-corrected chi connectivity index (χ1v) is 12.1. The van der Waals surface area contributed by atoms with Crippen LogP contribution < -0.4 is 5.32 Å². The minimum Gasteiger partial charge on any atom is -0.465 e. The van der Waals surface area contributed by atoms with Gasteiger partial charge in [0.25, 0.3) is 0 Å². The predicted octanol–water partition coefficient (Wildman–Crippen LogP) is -0.660. The standard InChI is InChI=1S/C21H38N2O8S/c1-11(2)20(28)30-9-10-32-21-17(26)15(24)16(25)18(31-21)14(12(3)29-5)22-19(27)13-7-6-8-23(13)4/h11-18,21,24-26H,6-10H2,1-5H3,(H,22,27)/t12-,13-,14-,15+,16-,17-,18-,21-/m1/s1. The number of methoxy groups -OCH3 is 1. The van der Waals surface area contributed by atoms with Crippen LogP contribution in [0.5, 0.6) is 0 Å². The molecule has 11 heteroatoms. The van der Waals surface area contributed by atoms with Crippen LogP contribution in [0, 0.1) is 5.92 Å². The molecule has 2 fully saturated rings. The van der Waals surface area contributed by atoms with Crippen molar-refractivity contribution in [2.24, 2.45) is 5.92 Å². The third kappa shape index (κ3) is 6.78. The molecule has 8 atom stereocenters. The van der Waals surface area contributed by atoms with Crippen molar-refractivity contribution in [1.29, 1.82) is 0 Å². The fourth-order valence-corrected chi connectivity index (χ4v) is 4.87. The van der Waals surface area contributed by atoms with Gasteiger partial charge in [-0.05, 0) is 33.4 Å². The van der Waals surface area contributed by atoms with E-state index in [-0.39, 0.29) is 30.4 Å². The van der Waals surface area contributed by atoms with Gasteiger partial charge in [0, 0.05) is 12.9 Å². The SMILES string of the molecule is CO[C@H](C)[C@@H](NC(=O)[C@H]1CCCN1C)[C@H]1O[C@H](SCCOC(=O)C(C)C)[C@H](O)[C@@H](O)[C@H]1O. The maximum atomic E-state index is 12.9. The summed E-state index contributed by atoms with van der Waals surface area (Å²) in [6, 6.07) is -1.03. The van der Waals surface area contributed by atoms with Crippen LogP contribution in [0.3, 0.4) is 0 Å². The molecule has 0 spiro atoms. The Labute approximate surface area is 194 Å². The van der Waals surface area contributed by atoms with Crippen molar-refractivity contribution in [3.8, 4) is 0 Å². The highest BCUT2D eigenvalue weighted by atomic mass is 32.2. The highest BCUT2D eigenvalue weighted by Gasteiger charge is 2.48. The fraction of sp³-hybridized carbons (Fsp3) is 0.905. The molecule has 2 aliphatic rings. The van der Waals surface area contributed by atoms with Gasteiger partial charge in [0.15, 0.2) is 0 Å². The molecule has 2 rings (SSSR count). The van der Waals surface area contributed by atoms with E-state index in [0.717, 1.165) is 19.4 Å². The summed E-state index contributed by atoms with van der Waals surface area (Å²) in [4.78, 5) is 26.4. The van der Waals surface area contributed by atoms with E-state index in [9.17, 15) is 24.9 Å². The Morgan fingerprint density at radius 1 is 1.19 bits per heavy atom. The summed E-state index contributed by atoms with van der Waals surface area (Å²) in [7, 11) is 3.37. The number of amides is 1. The second-order valence-electron chi connectivity index (χ2n) is 8.75. The molecule has 0 aromatic carbocycles. The van der Waals surface area contributed by atoms with Crippen molar-refractivity contribution in [1.82, 2.24) is 10.2 Å². The zero-order chi connectivity index (χ0) is 24.0. The average Bonchev–Trinajstić information content (AvgIpc) is 3.20. The highest BCUT2D eigenvalue weighted by molar-refractivity contribution is 7.99. The molecule has 2 aliphatic heterocycles. The van der Waals surface area contributed by atoms with E-state index < -0.39 is 42.0 Å². The van der Waals surface area contributed by atoms with Crippen LogP contribution in [0.15, 0.2) is 0 Å². The summed E-state index contributed by atoms with van der Waals surface area (Å²) in [5, 5.41) is 34.4. The summed E-state index contributed by atoms with van der Waals surface area (Å²) < 4.78 is 16.5. The molecule has 0 saturated carbocycles. The number of thioether (sulfide) groups is 1. The molecule has 32 heavy (non-hydrogen) atoms. The lowest BCUT2D eigenvalue weighted by Crippen LogP contribution is -2.66. The topological polar surface area (TPSA) is 138 Å². The number of ether oxygens (including phenoxy) is 3. The number of aliphatic hydroxyl groups excluding tert-OH is 3. The number of aliphatic hydroxyl groups is 3. The normalized spacial score (nSPS) is 33.2. The van der Waals surface area contributed by atoms with E-state index in [0.29, 0.717) is 5.75 Å². The van der Waals surface area contributed by atoms with Gasteiger partial charge in [-0.1, -0.05) is 13.8 Å². The molecule has 0 aliphatic carbocycles. The second kappa shape index (κ2) is 12.5. The average molecular weight is 479 g/mol. The van der Waals surface area contributed by atoms with Crippen LogP contribution >= 0.6 is 11.8 Å². The molecule has 0 aromatic heterocycles. The molecule has 4 N–H and O–H groups in total. The smallest absolute Gasteiger partial charge is 0.308 e. The summed E-state index contributed by atoms with van der Waals surface area (Å²) >= 11 is 1.17. The van der Waals surface area contributed by atoms with E-state index in [1.165, 1.54) is 18.9 Å². The van der Waals surface area contributed by atoms with Gasteiger partial charge in [-0.25, -0.2) is 0 Å². The molecule has 1 amide bonds. The Balaban J connectivity index is 2.06. The van der Waals surface area contributed by atoms with Gasteiger partial charge < -0.3 is 34.8 Å². The maximum absolute atomic E-state index is 12.9. The Hall–Kier alpha value is -0.950. The Kier molecular flexibility index (Phi) is 10.7. The Morgan fingerprint density at radius 3 is 2.44 bits per heavy atom. The fourth-order valence-electron chi connectivity index (χ4n) is 3.90. The quantitative estimate of drug-likeness (QED) is 0.236. The van der Waals surface area contributed by atoms with Crippen molar-refractivity contribution in [3.63, 3.8) is 0 Å². The van der Waals surface area contributed by atoms with Crippen LogP contribution in [0.2, 0.25) is 0 Å². The molecule has 10 nitrogen and oxygen atoms in total. The van der Waals surface area contributed by atoms with Gasteiger partial charge in [-0.3, -0.25) is 14.5 Å². The number of nitrogens with one attached hydrogen (secondary N) is 1. The van der Waals surface area contributed by atoms with E-state index >= 15 is 0 Å². The second-order valence-corrected chi connectivity index (χ2v) is 9.95. The van der Waals surface area contributed by atoms with Crippen LogP contribution in [-0.4, -0.2) is 113 Å². The first-order valence-electron chi connectivity index (χ1n) is 11.1. The Morgan fingerprint density at radius 2 is 1.88 bits per heavy atom. The van der Waals surface area contributed by atoms with Crippen molar-refractivity contribution in [2.45, 2.75) is 81.7 Å². The summed E-state index contributed by atoms with van der Waals surface area (Å²) in [6.07, 6.45) is -4.11. The molecule has 0 bridgehead atoms. The number of carbonyl (C=O) groups is 2. The lowest BCUT2D eigenvalue weighted by Gasteiger charge is -2.44. The third-order valence-electron chi connectivity index (χ3n) is 6.05. The van der Waals surface area contributed by atoms with Gasteiger partial charge in [0.1, 0.15) is 36.5 Å². The molecule has 2 heterocycles. The molecule has 186 valence electrons. The van der Waals surface area contributed by atoms with Crippen LogP contribution in [0.1, 0.15) is 33.6 Å². The zero-order valence-electron chi connectivity index (χ0n) is 19.5. The monoisotopic (exact) mass is 478 g/mol. The van der Waals surface area contributed by atoms with Gasteiger partial charge in [-0.2, -0.15) is 0 Å². The van der Waals surface area contributed by atoms with E-state index in [4.69, 9.17) is 14.2 Å². The van der Waals surface area contributed by atoms with Crippen LogP contribution in [0.25, 0.3) is 0 Å². The van der Waals surface area contributed by atoms with Gasteiger partial charge >= 0.3 is 5.97 Å². The minimum absolute atomic E-state index is 0.125. The van der Waals surface area contributed by atoms with Gasteiger partial charge in [-0.15, -0.1) is 11.8 Å². The van der Waals surface area contributed by atoms with Gasteiger partial charge in [0.2, 0.25) is 5.91 Å². The number of likely N-dealkylation sites (N-methyl/N-ethyl adjacent to an activating group) is 1. The van der Waals surface area contributed by atoms with Crippen molar-refractivity contribution in [2.75, 3.05) is 33.1 Å². The molecular weight excluding hydrogens is 440 g/mol. The third-order valence-corrected chi connectivity index (χ3v) is 7.17. The van der Waals surface area contributed by atoms with E-state index in [1.54, 1.807) is 20.8 Å². The highest BCUT2D eigenvalue weighted by Crippen LogP contribution is 2.31. The summed E-state index contributed by atoms with van der Waals surface area (Å²) in [5.41, 5.74) is -0.881. The number of rotatable bonds is 10. The molecule has 0 unspecified atom stereocenters. The number of carbonyl (C=O) groups excluding carboxylic acids is 2. The summed E-state index contributed by atoms with van der Waals surface area (Å²) in [6.45, 7) is 6.17. The van der Waals surface area contributed by atoms with Crippen molar-refractivity contribution in [3.05, 3.63) is 0 Å². The minimum atomic E-state index is -1.47. The molecule has 2 saturated heterocycles. The van der Waals surface area contributed by atoms with Crippen LogP contribution in [0.4, 0.5) is 0 Å². The largest absolute Gasteiger partial charge is 0.465 e. The van der Waals surface area contributed by atoms with Gasteiger partial charge in [0.05, 0.1) is 24.1 Å². The lowest BCUT2D eigenvalue weighted by atomic mass is 9.92. The molecule has 0 radical (unpaired) electrons. The molecular formula is C21H38N2O8S. The number of hydrogen-bond acceptors (Lipinski definition) is 10. The molecule has 0 aromatic rings. The summed E-state index contributed by atoms with van der Waals surface area (Å²) in [5.74, 6) is -0.422.